The molecule has 0 aliphatic rings. The third kappa shape index (κ3) is 3.07. The number of benzene rings is 1. The van der Waals surface area contributed by atoms with E-state index in [1.54, 1.807) is 37.4 Å². The predicted molar refractivity (Wildman–Crippen MR) is 87.8 cm³/mol. The highest BCUT2D eigenvalue weighted by molar-refractivity contribution is 6.35. The van der Waals surface area contributed by atoms with Gasteiger partial charge in [0.1, 0.15) is 0 Å². The average Bonchev–Trinajstić information content (AvgIpc) is 2.52. The first kappa shape index (κ1) is 16.7. The van der Waals surface area contributed by atoms with Gasteiger partial charge in [0, 0.05) is 23.3 Å². The number of aryl methyl sites for hydroxylation is 1. The van der Waals surface area contributed by atoms with Crippen LogP contribution in [0, 0.1) is 6.92 Å². The molecule has 124 valence electrons. The van der Waals surface area contributed by atoms with Crippen LogP contribution >= 0.6 is 11.6 Å². The van der Waals surface area contributed by atoms with E-state index in [9.17, 15) is 13.2 Å². The van der Waals surface area contributed by atoms with E-state index >= 15 is 0 Å². The predicted octanol–water partition coefficient (Wildman–Crippen LogP) is 5.91. The number of fused-ring (bicyclic) bond motifs is 1. The average molecular weight is 351 g/mol. The maximum Gasteiger partial charge on any atom is 0.377 e. The zero-order valence-corrected chi connectivity index (χ0v) is 13.3. The quantitative estimate of drug-likeness (QED) is 0.576. The maximum atomic E-state index is 13.1. The zero-order chi connectivity index (χ0) is 17.5. The van der Waals surface area contributed by atoms with Crippen molar-refractivity contribution in [3.8, 4) is 11.3 Å². The molecule has 0 aliphatic heterocycles. The monoisotopic (exact) mass is 350 g/mol. The molecule has 0 unspecified atom stereocenters. The van der Waals surface area contributed by atoms with Gasteiger partial charge in [0.05, 0.1) is 16.2 Å². The van der Waals surface area contributed by atoms with E-state index in [4.69, 9.17) is 17.3 Å². The highest BCUT2D eigenvalue weighted by Gasteiger charge is 2.34. The van der Waals surface area contributed by atoms with Crippen molar-refractivity contribution >= 4 is 22.5 Å². The first-order valence-electron chi connectivity index (χ1n) is 7.06. The zero-order valence-electron chi connectivity index (χ0n) is 12.5. The normalized spacial score (nSPS) is 13.2. The van der Waals surface area contributed by atoms with E-state index in [2.05, 4.69) is 9.97 Å². The molecule has 1 N–H and O–H groups in total. The Balaban J connectivity index is 2.33. The molecule has 1 atom stereocenters. The molecular formula is C17H12ClF3N3-. The first-order valence-corrected chi connectivity index (χ1v) is 7.44. The molecule has 2 aromatic heterocycles. The second-order valence-electron chi connectivity index (χ2n) is 5.46. The van der Waals surface area contributed by atoms with Crippen molar-refractivity contribution in [1.82, 2.24) is 9.97 Å². The number of rotatable bonds is 2. The Morgan fingerprint density at radius 2 is 1.92 bits per heavy atom. The smallest absolute Gasteiger partial charge is 0.377 e. The van der Waals surface area contributed by atoms with Gasteiger partial charge in [-0.3, -0.25) is 4.98 Å². The number of halogens is 4. The van der Waals surface area contributed by atoms with Crippen molar-refractivity contribution in [3.05, 3.63) is 64.6 Å². The molecule has 1 aromatic carbocycles. The van der Waals surface area contributed by atoms with Gasteiger partial charge in [-0.2, -0.15) is 13.2 Å². The number of para-hydroxylation sites is 1. The Labute approximate surface area is 141 Å². The summed E-state index contributed by atoms with van der Waals surface area (Å²) in [4.78, 5) is 8.34. The summed E-state index contributed by atoms with van der Waals surface area (Å²) in [5.41, 5.74) is 9.08. The third-order valence-corrected chi connectivity index (χ3v) is 3.92. The van der Waals surface area contributed by atoms with E-state index in [-0.39, 0.29) is 11.3 Å². The lowest BCUT2D eigenvalue weighted by Crippen LogP contribution is -2.18. The fourth-order valence-electron chi connectivity index (χ4n) is 2.49. The van der Waals surface area contributed by atoms with Crippen LogP contribution in [0.2, 0.25) is 5.02 Å². The molecule has 7 heteroatoms. The Bertz CT molecular complexity index is 909. The number of aromatic nitrogens is 2. The number of hydrogen-bond donors (Lipinski definition) is 0. The van der Waals surface area contributed by atoms with Crippen LogP contribution in [0.3, 0.4) is 0 Å². The molecule has 0 amide bonds. The van der Waals surface area contributed by atoms with Crippen molar-refractivity contribution in [2.45, 2.75) is 19.1 Å². The van der Waals surface area contributed by atoms with Crippen molar-refractivity contribution in [1.29, 1.82) is 0 Å². The summed E-state index contributed by atoms with van der Waals surface area (Å²) in [6.07, 6.45) is -1.66. The number of nitrogens with one attached hydrogen (secondary N) is 1. The summed E-state index contributed by atoms with van der Waals surface area (Å²) in [5.74, 6) is 0. The molecule has 24 heavy (non-hydrogen) atoms. The highest BCUT2D eigenvalue weighted by atomic mass is 35.5. The van der Waals surface area contributed by atoms with Crippen LogP contribution < -0.4 is 0 Å². The van der Waals surface area contributed by atoms with Gasteiger partial charge in [0.15, 0.2) is 0 Å². The van der Waals surface area contributed by atoms with Gasteiger partial charge < -0.3 is 5.73 Å². The minimum atomic E-state index is -4.69. The molecule has 0 saturated carbocycles. The van der Waals surface area contributed by atoms with E-state index in [0.717, 1.165) is 5.56 Å². The Kier molecular flexibility index (Phi) is 4.19. The van der Waals surface area contributed by atoms with E-state index in [0.29, 0.717) is 21.5 Å². The molecule has 0 aliphatic carbocycles. The number of alkyl halides is 3. The van der Waals surface area contributed by atoms with Gasteiger partial charge in [-0.25, -0.2) is 4.98 Å². The Morgan fingerprint density at radius 3 is 2.58 bits per heavy atom. The largest absolute Gasteiger partial charge is 0.663 e. The molecule has 0 radical (unpaired) electrons. The van der Waals surface area contributed by atoms with E-state index < -0.39 is 12.2 Å². The molecule has 3 nitrogen and oxygen atoms in total. The second-order valence-corrected chi connectivity index (χ2v) is 5.87. The second kappa shape index (κ2) is 6.03. The maximum absolute atomic E-state index is 13.1. The lowest BCUT2D eigenvalue weighted by molar-refractivity contribution is -0.139. The van der Waals surface area contributed by atoms with Gasteiger partial charge in [-0.05, 0) is 42.3 Å². The Morgan fingerprint density at radius 1 is 1.17 bits per heavy atom. The van der Waals surface area contributed by atoms with Crippen LogP contribution in [0.4, 0.5) is 13.2 Å². The standard InChI is InChI=1S/C17H12ClF3N3/c1-9-5-11(8-23-7-9)14-12(16(22)17(19,20)21)6-10-3-2-4-13(18)15(10)24-14/h2-8,16,22H,1H3/q-1/t16-/m1/s1. The molecule has 3 rings (SSSR count). The summed E-state index contributed by atoms with van der Waals surface area (Å²) in [5, 5.41) is 0.804. The van der Waals surface area contributed by atoms with Crippen LogP contribution in [-0.4, -0.2) is 16.1 Å². The lowest BCUT2D eigenvalue weighted by atomic mass is 9.98. The summed E-state index contributed by atoms with van der Waals surface area (Å²) in [6, 6.07) is 5.50. The first-order chi connectivity index (χ1) is 11.3. The van der Waals surface area contributed by atoms with E-state index in [1.807, 2.05) is 0 Å². The summed E-state index contributed by atoms with van der Waals surface area (Å²) >= 11 is 6.12. The molecule has 2 heterocycles. The van der Waals surface area contributed by atoms with Crippen LogP contribution in [0.5, 0.6) is 0 Å². The van der Waals surface area contributed by atoms with Gasteiger partial charge in [0.2, 0.25) is 0 Å². The fraction of sp³-hybridized carbons (Fsp3) is 0.176. The SMILES string of the molecule is Cc1cncc(-c2nc3c(Cl)cccc3cc2[C@@H]([NH-])C(F)(F)F)c1. The highest BCUT2D eigenvalue weighted by Crippen LogP contribution is 2.41. The summed E-state index contributed by atoms with van der Waals surface area (Å²) in [7, 11) is 0. The van der Waals surface area contributed by atoms with E-state index in [1.165, 1.54) is 12.3 Å². The van der Waals surface area contributed by atoms with Crippen LogP contribution in [0.1, 0.15) is 17.2 Å². The number of nitrogens with zero attached hydrogens (tertiary/aromatic N) is 2. The van der Waals surface area contributed by atoms with Crippen LogP contribution in [0.15, 0.2) is 42.7 Å². The van der Waals surface area contributed by atoms with Gasteiger partial charge >= 0.3 is 6.18 Å². The summed E-state index contributed by atoms with van der Waals surface area (Å²) < 4.78 is 39.4. The van der Waals surface area contributed by atoms with Gasteiger partial charge in [0.25, 0.3) is 0 Å². The number of hydrogen-bond acceptors (Lipinski definition) is 2. The van der Waals surface area contributed by atoms with Crippen LogP contribution in [0.25, 0.3) is 27.9 Å². The van der Waals surface area contributed by atoms with Crippen molar-refractivity contribution in [3.63, 3.8) is 0 Å². The van der Waals surface area contributed by atoms with Crippen molar-refractivity contribution < 1.29 is 13.2 Å². The van der Waals surface area contributed by atoms with Crippen molar-refractivity contribution in [2.75, 3.05) is 0 Å². The molecular weight excluding hydrogens is 339 g/mol. The molecule has 0 bridgehead atoms. The molecule has 0 saturated heterocycles. The molecule has 3 aromatic rings. The minimum absolute atomic E-state index is 0.0733. The third-order valence-electron chi connectivity index (χ3n) is 3.61. The Hall–Kier alpha value is -2.18. The van der Waals surface area contributed by atoms with Gasteiger partial charge in [-0.1, -0.05) is 23.7 Å². The van der Waals surface area contributed by atoms with Gasteiger partial charge in [-0.15, -0.1) is 0 Å². The van der Waals surface area contributed by atoms with Crippen LogP contribution in [-0.2, 0) is 0 Å². The topological polar surface area (TPSA) is 49.6 Å². The summed E-state index contributed by atoms with van der Waals surface area (Å²) in [6.45, 7) is 1.78. The lowest BCUT2D eigenvalue weighted by Gasteiger charge is -2.26. The molecule has 0 spiro atoms. The minimum Gasteiger partial charge on any atom is -0.663 e. The fourth-order valence-corrected chi connectivity index (χ4v) is 2.71. The van der Waals surface area contributed by atoms with Crippen molar-refractivity contribution in [2.24, 2.45) is 0 Å². The molecule has 0 fully saturated rings. The number of pyridine rings is 2.